The van der Waals surface area contributed by atoms with Gasteiger partial charge in [-0.05, 0) is 30.3 Å². The van der Waals surface area contributed by atoms with Crippen molar-refractivity contribution in [1.29, 1.82) is 0 Å². The van der Waals surface area contributed by atoms with Crippen LogP contribution in [0.3, 0.4) is 0 Å². The molecule has 0 bridgehead atoms. The third-order valence-electron chi connectivity index (χ3n) is 2.61. The average molecular weight is 353 g/mol. The summed E-state index contributed by atoms with van der Waals surface area (Å²) in [5, 5.41) is 0. The first kappa shape index (κ1) is 17.1. The lowest BCUT2D eigenvalue weighted by atomic mass is 10.3. The van der Waals surface area contributed by atoms with Gasteiger partial charge in [0.05, 0.1) is 10.5 Å². The number of hydrazine groups is 1. The number of nitrogens with one attached hydrogen (secondary N) is 2. The molecule has 23 heavy (non-hydrogen) atoms. The number of aromatic nitrogens is 1. The van der Waals surface area contributed by atoms with Crippen molar-refractivity contribution >= 4 is 15.8 Å². The minimum absolute atomic E-state index is 0.218. The van der Waals surface area contributed by atoms with E-state index in [-0.39, 0.29) is 5.82 Å². The predicted molar refractivity (Wildman–Crippen MR) is 69.5 cm³/mol. The highest BCUT2D eigenvalue weighted by Gasteiger charge is 2.30. The molecule has 1 aromatic heterocycles. The fraction of sp³-hybridized carbons (Fsp3) is 0.0833. The van der Waals surface area contributed by atoms with Gasteiger partial charge in [-0.3, -0.25) is 5.43 Å². The average Bonchev–Trinajstić information content (AvgIpc) is 2.47. The van der Waals surface area contributed by atoms with Gasteiger partial charge in [0, 0.05) is 6.20 Å². The van der Waals surface area contributed by atoms with Crippen LogP contribution in [0.2, 0.25) is 0 Å². The zero-order chi connectivity index (χ0) is 17.3. The molecule has 1 heterocycles. The van der Waals surface area contributed by atoms with Crippen molar-refractivity contribution in [2.75, 3.05) is 5.43 Å². The molecule has 0 radical (unpaired) electrons. The fourth-order valence-corrected chi connectivity index (χ4v) is 2.32. The largest absolute Gasteiger partial charge is 0.417 e. The first-order valence-corrected chi connectivity index (χ1v) is 7.34. The zero-order valence-corrected chi connectivity index (χ0v) is 11.8. The summed E-state index contributed by atoms with van der Waals surface area (Å²) in [6, 6.07) is 3.50. The molecule has 1 aromatic carbocycles. The Labute approximate surface area is 127 Å². The van der Waals surface area contributed by atoms with E-state index in [4.69, 9.17) is 0 Å². The quantitative estimate of drug-likeness (QED) is 0.655. The van der Waals surface area contributed by atoms with Crippen molar-refractivity contribution in [3.63, 3.8) is 0 Å². The van der Waals surface area contributed by atoms with Crippen LogP contribution in [0.4, 0.5) is 27.8 Å². The molecule has 0 saturated carbocycles. The van der Waals surface area contributed by atoms with E-state index in [1.807, 2.05) is 0 Å². The molecule has 11 heteroatoms. The highest BCUT2D eigenvalue weighted by atomic mass is 32.2. The second-order valence-electron chi connectivity index (χ2n) is 4.24. The van der Waals surface area contributed by atoms with Crippen LogP contribution in [-0.2, 0) is 16.2 Å². The molecule has 0 aliphatic heterocycles. The minimum atomic E-state index is -4.57. The Morgan fingerprint density at radius 3 is 2.22 bits per heavy atom. The Balaban J connectivity index is 2.11. The first-order valence-electron chi connectivity index (χ1n) is 5.86. The van der Waals surface area contributed by atoms with Crippen LogP contribution < -0.4 is 10.3 Å². The molecule has 2 N–H and O–H groups in total. The number of hydrogen-bond acceptors (Lipinski definition) is 4. The summed E-state index contributed by atoms with van der Waals surface area (Å²) >= 11 is 0. The molecule has 0 amide bonds. The first-order chi connectivity index (χ1) is 10.6. The van der Waals surface area contributed by atoms with E-state index in [9.17, 15) is 30.4 Å². The lowest BCUT2D eigenvalue weighted by molar-refractivity contribution is -0.137. The molecule has 124 valence electrons. The summed E-state index contributed by atoms with van der Waals surface area (Å²) in [5.41, 5.74) is 1.06. The van der Waals surface area contributed by atoms with E-state index in [2.05, 4.69) is 10.4 Å². The number of anilines is 1. The van der Waals surface area contributed by atoms with Crippen molar-refractivity contribution in [2.45, 2.75) is 11.1 Å². The van der Waals surface area contributed by atoms with Crippen LogP contribution in [0.25, 0.3) is 0 Å². The van der Waals surface area contributed by atoms with Gasteiger partial charge in [-0.2, -0.15) is 13.2 Å². The normalized spacial score (nSPS) is 12.2. The lowest BCUT2D eigenvalue weighted by Crippen LogP contribution is -2.30. The summed E-state index contributed by atoms with van der Waals surface area (Å²) in [4.78, 5) is 4.59. The highest BCUT2D eigenvalue weighted by Crippen LogP contribution is 2.28. The van der Waals surface area contributed by atoms with Gasteiger partial charge in [-0.1, -0.05) is 0 Å². The standard InChI is InChI=1S/C12H8F5N3O2S/c13-9-3-2-8(5-10(9)14)23(21,22)20-19-11-4-1-7(6-18-11)12(15,16)17/h1-6,20H,(H,18,19). The zero-order valence-electron chi connectivity index (χ0n) is 11.0. The van der Waals surface area contributed by atoms with E-state index in [0.717, 1.165) is 12.1 Å². The Hall–Kier alpha value is -2.27. The molecular formula is C12H8F5N3O2S. The van der Waals surface area contributed by atoms with Crippen molar-refractivity contribution < 1.29 is 30.4 Å². The summed E-state index contributed by atoms with van der Waals surface area (Å²) in [6.07, 6.45) is -4.06. The SMILES string of the molecule is O=S(=O)(NNc1ccc(C(F)(F)F)cn1)c1ccc(F)c(F)c1. The van der Waals surface area contributed by atoms with Crippen LogP contribution >= 0.6 is 0 Å². The molecule has 0 fully saturated rings. The van der Waals surface area contributed by atoms with E-state index in [1.165, 1.54) is 0 Å². The molecule has 0 aliphatic carbocycles. The van der Waals surface area contributed by atoms with E-state index in [1.54, 1.807) is 4.83 Å². The van der Waals surface area contributed by atoms with Crippen LogP contribution in [0.5, 0.6) is 0 Å². The number of hydrogen-bond donors (Lipinski definition) is 2. The van der Waals surface area contributed by atoms with Gasteiger partial charge >= 0.3 is 6.18 Å². The number of rotatable bonds is 4. The van der Waals surface area contributed by atoms with Gasteiger partial charge in [0.2, 0.25) is 0 Å². The molecule has 0 saturated heterocycles. The maximum Gasteiger partial charge on any atom is 0.417 e. The predicted octanol–water partition coefficient (Wildman–Crippen LogP) is 2.68. The number of nitrogens with zero attached hydrogens (tertiary/aromatic N) is 1. The Morgan fingerprint density at radius 2 is 1.70 bits per heavy atom. The smallest absolute Gasteiger partial charge is 0.292 e. The third-order valence-corrected chi connectivity index (χ3v) is 3.85. The molecule has 5 nitrogen and oxygen atoms in total. The Kier molecular flexibility index (Phi) is 4.52. The number of pyridine rings is 1. The minimum Gasteiger partial charge on any atom is -0.292 e. The molecule has 2 aromatic rings. The summed E-state index contributed by atoms with van der Waals surface area (Å²) in [7, 11) is -4.27. The summed E-state index contributed by atoms with van der Waals surface area (Å²) in [5.74, 6) is -2.80. The molecule has 0 atom stereocenters. The second kappa shape index (κ2) is 6.08. The van der Waals surface area contributed by atoms with Gasteiger partial charge < -0.3 is 0 Å². The van der Waals surface area contributed by atoms with E-state index in [0.29, 0.717) is 24.4 Å². The van der Waals surface area contributed by atoms with E-state index >= 15 is 0 Å². The van der Waals surface area contributed by atoms with Gasteiger partial charge in [0.1, 0.15) is 5.82 Å². The summed E-state index contributed by atoms with van der Waals surface area (Å²) < 4.78 is 86.5. The van der Waals surface area contributed by atoms with Gasteiger partial charge in [-0.15, -0.1) is 4.83 Å². The van der Waals surface area contributed by atoms with E-state index < -0.39 is 38.3 Å². The number of alkyl halides is 3. The Bertz CT molecular complexity index is 806. The van der Waals surface area contributed by atoms with Gasteiger partial charge in [-0.25, -0.2) is 22.2 Å². The number of sulfonamides is 1. The third kappa shape index (κ3) is 4.13. The maximum atomic E-state index is 13.0. The monoisotopic (exact) mass is 353 g/mol. The molecule has 0 spiro atoms. The van der Waals surface area contributed by atoms with Crippen molar-refractivity contribution in [1.82, 2.24) is 9.82 Å². The molecule has 0 unspecified atom stereocenters. The van der Waals surface area contributed by atoms with Crippen LogP contribution in [0.1, 0.15) is 5.56 Å². The van der Waals surface area contributed by atoms with Crippen molar-refractivity contribution in [3.05, 3.63) is 53.7 Å². The van der Waals surface area contributed by atoms with Crippen molar-refractivity contribution in [2.24, 2.45) is 0 Å². The summed E-state index contributed by atoms with van der Waals surface area (Å²) in [6.45, 7) is 0. The lowest BCUT2D eigenvalue weighted by Gasteiger charge is -2.10. The highest BCUT2D eigenvalue weighted by molar-refractivity contribution is 7.89. The fourth-order valence-electron chi connectivity index (χ4n) is 1.46. The maximum absolute atomic E-state index is 13.0. The Morgan fingerprint density at radius 1 is 1.00 bits per heavy atom. The van der Waals surface area contributed by atoms with Gasteiger partial charge in [0.15, 0.2) is 11.6 Å². The second-order valence-corrected chi connectivity index (χ2v) is 5.92. The van der Waals surface area contributed by atoms with Crippen LogP contribution in [0, 0.1) is 11.6 Å². The van der Waals surface area contributed by atoms with Crippen LogP contribution in [-0.4, -0.2) is 13.4 Å². The topological polar surface area (TPSA) is 71.1 Å². The molecular weight excluding hydrogens is 345 g/mol. The van der Waals surface area contributed by atoms with Gasteiger partial charge in [0.25, 0.3) is 10.0 Å². The van der Waals surface area contributed by atoms with Crippen LogP contribution in [0.15, 0.2) is 41.4 Å². The van der Waals surface area contributed by atoms with Crippen molar-refractivity contribution in [3.8, 4) is 0 Å². The molecule has 0 aliphatic rings. The molecule has 2 rings (SSSR count). The number of halogens is 5. The number of benzene rings is 1.